The quantitative estimate of drug-likeness (QED) is 0.565. The van der Waals surface area contributed by atoms with Crippen molar-refractivity contribution in [2.75, 3.05) is 37.8 Å². The summed E-state index contributed by atoms with van der Waals surface area (Å²) in [4.78, 5) is 21.9. The van der Waals surface area contributed by atoms with E-state index in [1.165, 1.54) is 21.1 Å². The van der Waals surface area contributed by atoms with Gasteiger partial charge in [0.1, 0.15) is 0 Å². The fourth-order valence-corrected chi connectivity index (χ4v) is 4.72. The van der Waals surface area contributed by atoms with Gasteiger partial charge in [0.05, 0.1) is 37.4 Å². The number of quaternary nitrogens is 1. The van der Waals surface area contributed by atoms with Crippen LogP contribution in [0.1, 0.15) is 6.42 Å². The lowest BCUT2D eigenvalue weighted by molar-refractivity contribution is -0.856. The van der Waals surface area contributed by atoms with Crippen molar-refractivity contribution >= 4 is 56.0 Å². The van der Waals surface area contributed by atoms with Gasteiger partial charge in [-0.2, -0.15) is 0 Å². The second-order valence-corrected chi connectivity index (χ2v) is 9.14. The summed E-state index contributed by atoms with van der Waals surface area (Å²) in [6.07, 6.45) is 0.485. The fraction of sp³-hybridized carbons (Fsp3) is 0.300. The van der Waals surface area contributed by atoms with Gasteiger partial charge in [-0.15, -0.1) is 11.8 Å². The number of hydrogen-bond donors (Lipinski definition) is 1. The third kappa shape index (κ3) is 5.69. The highest BCUT2D eigenvalue weighted by atomic mass is 35.5. The van der Waals surface area contributed by atoms with Gasteiger partial charge >= 0.3 is 0 Å². The lowest BCUT2D eigenvalue weighted by atomic mass is 10.3. The van der Waals surface area contributed by atoms with Crippen LogP contribution in [-0.4, -0.2) is 43.8 Å². The van der Waals surface area contributed by atoms with Crippen LogP contribution >= 0.6 is 34.7 Å². The number of fused-ring (bicyclic) bond motifs is 1. The topological polar surface area (TPSA) is 37.6 Å². The number of nitrogens with one attached hydrogen (secondary N) is 1. The standard InChI is InChI=1S/C20H22ClN3OS2/c1-23(2)11-12-24(19(25)10-13-26-16-6-4-3-5-7-16)20-22-17-9-8-15(21)14-18(17)27-20/h3-9,14H,10-13H2,1-2H3/p+1. The molecule has 3 aromatic rings. The molecule has 0 bridgehead atoms. The van der Waals surface area contributed by atoms with Crippen LogP contribution in [-0.2, 0) is 4.79 Å². The van der Waals surface area contributed by atoms with Crippen LogP contribution in [0.3, 0.4) is 0 Å². The van der Waals surface area contributed by atoms with Crippen LogP contribution in [0.2, 0.25) is 5.02 Å². The second kappa shape index (κ2) is 9.55. The molecule has 0 aliphatic rings. The van der Waals surface area contributed by atoms with Crippen LogP contribution in [0.4, 0.5) is 5.13 Å². The molecule has 4 nitrogen and oxygen atoms in total. The number of carbonyl (C=O) groups is 1. The van der Waals surface area contributed by atoms with Crippen molar-refractivity contribution in [2.45, 2.75) is 11.3 Å². The largest absolute Gasteiger partial charge is 0.338 e. The minimum absolute atomic E-state index is 0.116. The van der Waals surface area contributed by atoms with Crippen molar-refractivity contribution in [2.24, 2.45) is 0 Å². The number of rotatable bonds is 8. The normalized spacial score (nSPS) is 11.3. The highest BCUT2D eigenvalue weighted by Gasteiger charge is 2.20. The summed E-state index contributed by atoms with van der Waals surface area (Å²) in [7, 11) is 4.18. The number of halogens is 1. The molecule has 0 fully saturated rings. The maximum Gasteiger partial charge on any atom is 0.229 e. The Morgan fingerprint density at radius 2 is 2.00 bits per heavy atom. The van der Waals surface area contributed by atoms with E-state index in [2.05, 4.69) is 31.2 Å². The van der Waals surface area contributed by atoms with E-state index in [-0.39, 0.29) is 5.91 Å². The molecular formula is C20H23ClN3OS2+. The Morgan fingerprint density at radius 3 is 2.74 bits per heavy atom. The van der Waals surface area contributed by atoms with E-state index in [1.54, 1.807) is 11.8 Å². The first-order valence-corrected chi connectivity index (χ1v) is 11.0. The minimum Gasteiger partial charge on any atom is -0.338 e. The molecule has 0 radical (unpaired) electrons. The number of carbonyl (C=O) groups excluding carboxylic acids is 1. The zero-order valence-corrected chi connectivity index (χ0v) is 17.8. The summed E-state index contributed by atoms with van der Waals surface area (Å²) in [5.74, 6) is 0.870. The summed E-state index contributed by atoms with van der Waals surface area (Å²) in [6.45, 7) is 1.53. The highest BCUT2D eigenvalue weighted by molar-refractivity contribution is 7.99. The van der Waals surface area contributed by atoms with E-state index in [0.29, 0.717) is 18.0 Å². The number of thioether (sulfide) groups is 1. The Hall–Kier alpha value is -1.60. The van der Waals surface area contributed by atoms with Crippen molar-refractivity contribution < 1.29 is 9.69 Å². The van der Waals surface area contributed by atoms with Gasteiger partial charge in [0.15, 0.2) is 5.13 Å². The number of hydrogen-bond acceptors (Lipinski definition) is 4. The molecule has 1 heterocycles. The summed E-state index contributed by atoms with van der Waals surface area (Å²) in [6, 6.07) is 15.8. The Morgan fingerprint density at radius 1 is 1.22 bits per heavy atom. The van der Waals surface area contributed by atoms with E-state index in [9.17, 15) is 4.79 Å². The smallest absolute Gasteiger partial charge is 0.229 e. The van der Waals surface area contributed by atoms with E-state index in [4.69, 9.17) is 11.6 Å². The van der Waals surface area contributed by atoms with Crippen molar-refractivity contribution in [1.29, 1.82) is 0 Å². The monoisotopic (exact) mass is 420 g/mol. The molecule has 0 saturated heterocycles. The number of nitrogens with zero attached hydrogens (tertiary/aromatic N) is 2. The van der Waals surface area contributed by atoms with Gasteiger partial charge < -0.3 is 4.90 Å². The predicted octanol–water partition coefficient (Wildman–Crippen LogP) is 3.61. The third-order valence-corrected chi connectivity index (χ3v) is 6.32. The number of amides is 1. The van der Waals surface area contributed by atoms with Gasteiger partial charge in [-0.05, 0) is 30.3 Å². The number of thiazole rings is 1. The average molecular weight is 421 g/mol. The maximum absolute atomic E-state index is 12.9. The predicted molar refractivity (Wildman–Crippen MR) is 116 cm³/mol. The van der Waals surface area contributed by atoms with Gasteiger partial charge in [0.2, 0.25) is 5.91 Å². The zero-order valence-electron chi connectivity index (χ0n) is 15.4. The van der Waals surface area contributed by atoms with Gasteiger partial charge in [-0.1, -0.05) is 41.1 Å². The summed E-state index contributed by atoms with van der Waals surface area (Å²) in [5, 5.41) is 1.44. The lowest BCUT2D eigenvalue weighted by Crippen LogP contribution is -3.06. The van der Waals surface area contributed by atoms with Crippen molar-refractivity contribution in [3.63, 3.8) is 0 Å². The molecule has 0 unspecified atom stereocenters. The molecular weight excluding hydrogens is 398 g/mol. The molecule has 0 spiro atoms. The molecule has 1 amide bonds. The molecule has 0 atom stereocenters. The molecule has 7 heteroatoms. The first kappa shape index (κ1) is 20.1. The maximum atomic E-state index is 12.9. The average Bonchev–Trinajstić information content (AvgIpc) is 3.05. The third-order valence-electron chi connectivity index (χ3n) is 4.03. The van der Waals surface area contributed by atoms with E-state index in [0.717, 1.165) is 27.6 Å². The number of anilines is 1. The van der Waals surface area contributed by atoms with Gasteiger partial charge in [-0.25, -0.2) is 4.98 Å². The summed E-state index contributed by atoms with van der Waals surface area (Å²) in [5.41, 5.74) is 0.882. The van der Waals surface area contributed by atoms with Crippen molar-refractivity contribution in [1.82, 2.24) is 4.98 Å². The van der Waals surface area contributed by atoms with Crippen LogP contribution in [0, 0.1) is 0 Å². The Kier molecular flexibility index (Phi) is 7.13. The number of likely N-dealkylation sites (N-methyl/N-ethyl adjacent to an activating group) is 1. The van der Waals surface area contributed by atoms with Crippen molar-refractivity contribution in [3.05, 3.63) is 53.6 Å². The molecule has 27 heavy (non-hydrogen) atoms. The van der Waals surface area contributed by atoms with E-state index >= 15 is 0 Å². The van der Waals surface area contributed by atoms with Gasteiger partial charge in [0, 0.05) is 22.1 Å². The molecule has 0 aliphatic heterocycles. The minimum atomic E-state index is 0.116. The van der Waals surface area contributed by atoms with Crippen LogP contribution in [0.5, 0.6) is 0 Å². The molecule has 0 aliphatic carbocycles. The first-order chi connectivity index (χ1) is 13.0. The summed E-state index contributed by atoms with van der Waals surface area (Å²) < 4.78 is 1.01. The van der Waals surface area contributed by atoms with Crippen LogP contribution in [0.15, 0.2) is 53.4 Å². The van der Waals surface area contributed by atoms with Crippen molar-refractivity contribution in [3.8, 4) is 0 Å². The number of benzene rings is 2. The van der Waals surface area contributed by atoms with Gasteiger partial charge in [0.25, 0.3) is 0 Å². The molecule has 3 rings (SSSR count). The van der Waals surface area contributed by atoms with Crippen LogP contribution in [0.25, 0.3) is 10.2 Å². The zero-order chi connectivity index (χ0) is 19.2. The molecule has 1 aromatic heterocycles. The van der Waals surface area contributed by atoms with E-state index < -0.39 is 0 Å². The Bertz CT molecular complexity index is 899. The lowest BCUT2D eigenvalue weighted by Gasteiger charge is -2.20. The molecule has 0 saturated carbocycles. The Balaban J connectivity index is 1.71. The van der Waals surface area contributed by atoms with Crippen LogP contribution < -0.4 is 9.80 Å². The van der Waals surface area contributed by atoms with Gasteiger partial charge in [-0.3, -0.25) is 9.69 Å². The fourth-order valence-electron chi connectivity index (χ4n) is 2.57. The highest BCUT2D eigenvalue weighted by Crippen LogP contribution is 2.31. The molecule has 1 N–H and O–H groups in total. The number of aromatic nitrogens is 1. The second-order valence-electron chi connectivity index (χ2n) is 6.52. The summed E-state index contributed by atoms with van der Waals surface area (Å²) >= 11 is 9.32. The Labute approximate surface area is 173 Å². The molecule has 142 valence electrons. The molecule has 2 aromatic carbocycles. The van der Waals surface area contributed by atoms with E-state index in [1.807, 2.05) is 41.3 Å². The first-order valence-electron chi connectivity index (χ1n) is 8.86. The SMILES string of the molecule is C[NH+](C)CCN(C(=O)CCSc1ccccc1)c1nc2ccc(Cl)cc2s1.